The second-order valence-electron chi connectivity index (χ2n) is 5.14. The fourth-order valence-electron chi connectivity index (χ4n) is 2.14. The van der Waals surface area contributed by atoms with Crippen molar-refractivity contribution >= 4 is 5.91 Å². The van der Waals surface area contributed by atoms with Crippen LogP contribution < -0.4 is 5.32 Å². The van der Waals surface area contributed by atoms with Crippen molar-refractivity contribution in [2.75, 3.05) is 0 Å². The number of halogens is 1. The summed E-state index contributed by atoms with van der Waals surface area (Å²) in [6.45, 7) is 5.77. The summed E-state index contributed by atoms with van der Waals surface area (Å²) >= 11 is 0. The van der Waals surface area contributed by atoms with Gasteiger partial charge in [-0.15, -0.1) is 0 Å². The predicted molar refractivity (Wildman–Crippen MR) is 74.9 cm³/mol. The summed E-state index contributed by atoms with van der Waals surface area (Å²) in [6.07, 6.45) is 1.49. The molecule has 1 atom stereocenters. The van der Waals surface area contributed by atoms with Gasteiger partial charge in [0.05, 0.1) is 17.9 Å². The number of carbonyl (C=O) groups excluding carboxylic acids is 1. The molecule has 1 amide bonds. The first-order valence-electron chi connectivity index (χ1n) is 6.59. The van der Waals surface area contributed by atoms with Gasteiger partial charge in [-0.1, -0.05) is 26.0 Å². The third-order valence-corrected chi connectivity index (χ3v) is 3.29. The number of hydrogen-bond donors (Lipinski definition) is 1. The summed E-state index contributed by atoms with van der Waals surface area (Å²) in [7, 11) is 0. The highest BCUT2D eigenvalue weighted by molar-refractivity contribution is 5.95. The van der Waals surface area contributed by atoms with Gasteiger partial charge >= 0.3 is 0 Å². The number of rotatable bonds is 4. The first-order valence-corrected chi connectivity index (χ1v) is 6.59. The molecule has 0 bridgehead atoms. The molecule has 1 heterocycles. The van der Waals surface area contributed by atoms with E-state index in [0.29, 0.717) is 11.3 Å². The lowest BCUT2D eigenvalue weighted by atomic mass is 9.95. The third-order valence-electron chi connectivity index (χ3n) is 3.29. The predicted octanol–water partition coefficient (Wildman–Crippen LogP) is 3.85. The zero-order chi connectivity index (χ0) is 14.7. The second kappa shape index (κ2) is 5.90. The van der Waals surface area contributed by atoms with Crippen molar-refractivity contribution in [2.45, 2.75) is 26.8 Å². The summed E-state index contributed by atoms with van der Waals surface area (Å²) in [5.41, 5.74) is 1.41. The van der Waals surface area contributed by atoms with Crippen molar-refractivity contribution < 1.29 is 13.6 Å². The molecular formula is C16H18FNO2. The first-order chi connectivity index (χ1) is 9.49. The van der Waals surface area contributed by atoms with Crippen LogP contribution in [-0.2, 0) is 0 Å². The van der Waals surface area contributed by atoms with E-state index < -0.39 is 0 Å². The molecule has 20 heavy (non-hydrogen) atoms. The molecule has 0 radical (unpaired) electrons. The molecular weight excluding hydrogens is 257 g/mol. The van der Waals surface area contributed by atoms with Gasteiger partial charge in [0.25, 0.3) is 5.91 Å². The normalized spacial score (nSPS) is 12.4. The fraction of sp³-hybridized carbons (Fsp3) is 0.312. The van der Waals surface area contributed by atoms with E-state index in [4.69, 9.17) is 4.42 Å². The zero-order valence-corrected chi connectivity index (χ0v) is 11.8. The van der Waals surface area contributed by atoms with Gasteiger partial charge < -0.3 is 9.73 Å². The molecule has 2 rings (SSSR count). The van der Waals surface area contributed by atoms with Gasteiger partial charge in [-0.3, -0.25) is 4.79 Å². The minimum absolute atomic E-state index is 0.169. The van der Waals surface area contributed by atoms with Crippen molar-refractivity contribution in [3.63, 3.8) is 0 Å². The topological polar surface area (TPSA) is 42.2 Å². The molecule has 0 saturated heterocycles. The molecule has 3 nitrogen and oxygen atoms in total. The minimum atomic E-state index is -0.284. The standard InChI is InChI=1S/C16H18FNO2/c1-10(2)15(12-4-6-13(17)7-5-12)18-16(19)14-8-9-20-11(14)3/h4-10,15H,1-3H3,(H,18,19)/t15-/m0/s1. The minimum Gasteiger partial charge on any atom is -0.469 e. The Balaban J connectivity index is 2.20. The number of nitrogens with one attached hydrogen (secondary N) is 1. The van der Waals surface area contributed by atoms with Crippen LogP contribution in [0.25, 0.3) is 0 Å². The van der Waals surface area contributed by atoms with E-state index in [9.17, 15) is 9.18 Å². The Morgan fingerprint density at radius 1 is 1.20 bits per heavy atom. The highest BCUT2D eigenvalue weighted by Gasteiger charge is 2.20. The number of benzene rings is 1. The summed E-state index contributed by atoms with van der Waals surface area (Å²) in [6, 6.07) is 7.68. The highest BCUT2D eigenvalue weighted by atomic mass is 19.1. The van der Waals surface area contributed by atoms with Crippen molar-refractivity contribution in [3.8, 4) is 0 Å². The number of carbonyl (C=O) groups is 1. The molecule has 0 saturated carbocycles. The highest BCUT2D eigenvalue weighted by Crippen LogP contribution is 2.23. The van der Waals surface area contributed by atoms with Crippen LogP contribution in [0.3, 0.4) is 0 Å². The summed E-state index contributed by atoms with van der Waals surface area (Å²) in [5, 5.41) is 2.97. The number of furan rings is 1. The monoisotopic (exact) mass is 275 g/mol. The molecule has 2 aromatic rings. The Morgan fingerprint density at radius 3 is 2.35 bits per heavy atom. The van der Waals surface area contributed by atoms with Crippen LogP contribution in [0.4, 0.5) is 4.39 Å². The zero-order valence-electron chi connectivity index (χ0n) is 11.8. The molecule has 0 aliphatic carbocycles. The van der Waals surface area contributed by atoms with Gasteiger partial charge in [-0.25, -0.2) is 4.39 Å². The second-order valence-corrected chi connectivity index (χ2v) is 5.14. The third kappa shape index (κ3) is 3.07. The van der Waals surface area contributed by atoms with E-state index in [2.05, 4.69) is 5.32 Å². The summed E-state index contributed by atoms with van der Waals surface area (Å²) in [5.74, 6) is 0.313. The van der Waals surface area contributed by atoms with Crippen LogP contribution in [0.15, 0.2) is 41.0 Å². The molecule has 1 aromatic heterocycles. The lowest BCUT2D eigenvalue weighted by Crippen LogP contribution is -2.31. The van der Waals surface area contributed by atoms with Crippen LogP contribution in [0.1, 0.15) is 41.6 Å². The molecule has 0 fully saturated rings. The van der Waals surface area contributed by atoms with Crippen LogP contribution in [0, 0.1) is 18.7 Å². The van der Waals surface area contributed by atoms with Gasteiger partial charge in [-0.05, 0) is 36.6 Å². The Bertz CT molecular complexity index is 587. The molecule has 0 aliphatic rings. The van der Waals surface area contributed by atoms with Crippen molar-refractivity contribution in [1.82, 2.24) is 5.32 Å². The Morgan fingerprint density at radius 2 is 1.85 bits per heavy atom. The molecule has 106 valence electrons. The van der Waals surface area contributed by atoms with Crippen LogP contribution in [-0.4, -0.2) is 5.91 Å². The molecule has 1 aromatic carbocycles. The van der Waals surface area contributed by atoms with E-state index in [1.54, 1.807) is 25.1 Å². The van der Waals surface area contributed by atoms with Crippen LogP contribution >= 0.6 is 0 Å². The number of amides is 1. The van der Waals surface area contributed by atoms with Gasteiger partial charge in [0.15, 0.2) is 0 Å². The lowest BCUT2D eigenvalue weighted by Gasteiger charge is -2.22. The summed E-state index contributed by atoms with van der Waals surface area (Å²) < 4.78 is 18.1. The maximum atomic E-state index is 13.0. The van der Waals surface area contributed by atoms with Gasteiger partial charge in [0.1, 0.15) is 11.6 Å². The maximum absolute atomic E-state index is 13.0. The van der Waals surface area contributed by atoms with E-state index in [-0.39, 0.29) is 23.7 Å². The largest absolute Gasteiger partial charge is 0.469 e. The average molecular weight is 275 g/mol. The van der Waals surface area contributed by atoms with Crippen LogP contribution in [0.2, 0.25) is 0 Å². The van der Waals surface area contributed by atoms with Gasteiger partial charge in [0, 0.05) is 0 Å². The van der Waals surface area contributed by atoms with Gasteiger partial charge in [-0.2, -0.15) is 0 Å². The fourth-order valence-corrected chi connectivity index (χ4v) is 2.14. The SMILES string of the molecule is Cc1occc1C(=O)N[C@H](c1ccc(F)cc1)C(C)C. The number of aryl methyl sites for hydroxylation is 1. The maximum Gasteiger partial charge on any atom is 0.255 e. The quantitative estimate of drug-likeness (QED) is 0.920. The van der Waals surface area contributed by atoms with Gasteiger partial charge in [0.2, 0.25) is 0 Å². The summed E-state index contributed by atoms with van der Waals surface area (Å²) in [4.78, 5) is 12.2. The van der Waals surface area contributed by atoms with Crippen molar-refractivity contribution in [2.24, 2.45) is 5.92 Å². The first kappa shape index (κ1) is 14.3. The molecule has 1 N–H and O–H groups in total. The Hall–Kier alpha value is -2.10. The Kier molecular flexibility index (Phi) is 4.23. The van der Waals surface area contributed by atoms with Crippen LogP contribution in [0.5, 0.6) is 0 Å². The Labute approximate surface area is 117 Å². The average Bonchev–Trinajstić information content (AvgIpc) is 2.83. The molecule has 0 unspecified atom stereocenters. The van der Waals surface area contributed by atoms with E-state index in [1.165, 1.54) is 18.4 Å². The number of hydrogen-bond acceptors (Lipinski definition) is 2. The van der Waals surface area contributed by atoms with E-state index in [1.807, 2.05) is 13.8 Å². The van der Waals surface area contributed by atoms with Crippen molar-refractivity contribution in [3.05, 3.63) is 59.3 Å². The lowest BCUT2D eigenvalue weighted by molar-refractivity contribution is 0.0924. The van der Waals surface area contributed by atoms with Crippen molar-refractivity contribution in [1.29, 1.82) is 0 Å². The van der Waals surface area contributed by atoms with E-state index in [0.717, 1.165) is 5.56 Å². The molecule has 4 heteroatoms. The van der Waals surface area contributed by atoms with E-state index >= 15 is 0 Å². The molecule has 0 aliphatic heterocycles. The smallest absolute Gasteiger partial charge is 0.255 e. The molecule has 0 spiro atoms.